The predicted molar refractivity (Wildman–Crippen MR) is 473 cm³/mol. The first-order chi connectivity index (χ1) is 60.7. The van der Waals surface area contributed by atoms with Crippen LogP contribution in [-0.2, 0) is 35.2 Å². The molecule has 0 aliphatic carbocycles. The van der Waals surface area contributed by atoms with Crippen molar-refractivity contribution in [2.75, 3.05) is 112 Å². The van der Waals surface area contributed by atoms with Gasteiger partial charge in [0.05, 0.1) is 134 Å². The molecule has 11 aromatic carbocycles. The molecule has 0 atom stereocenters. The van der Waals surface area contributed by atoms with Crippen molar-refractivity contribution in [3.8, 4) is 115 Å². The quantitative estimate of drug-likeness (QED) is 0.00741. The average molecular weight is 1810 g/mol. The first-order valence-electron chi connectivity index (χ1n) is 37.5. The number of nitrogens with two attached hydrogens (primary N) is 1. The van der Waals surface area contributed by atoms with Gasteiger partial charge in [-0.3, -0.25) is 0 Å². The number of azo groups is 3. The van der Waals surface area contributed by atoms with Gasteiger partial charge in [0, 0.05) is 72.4 Å². The molecule has 0 bridgehead atoms. The maximum Gasteiger partial charge on any atom is 0.339 e. The van der Waals surface area contributed by atoms with Crippen molar-refractivity contribution in [2.45, 2.75) is 55.7 Å². The number of aromatic hydroxyl groups is 3. The molecule has 11 aromatic rings. The topological polar surface area (TPSA) is 459 Å². The molecular formula is C88H100N8O28S3. The van der Waals surface area contributed by atoms with E-state index in [0.717, 1.165) is 23.1 Å². The first-order valence-corrected chi connectivity index (χ1v) is 41.8. The van der Waals surface area contributed by atoms with Crippen LogP contribution in [0.5, 0.6) is 115 Å². The molecule has 0 radical (unpaired) electrons. The molecule has 0 saturated heterocycles. The number of ether oxygens (including phenoxy) is 14. The number of aryl methyl sites for hydroxylation is 3. The van der Waals surface area contributed by atoms with Crippen molar-refractivity contribution in [2.24, 2.45) is 41.9 Å². The SMILES string of the molecule is CC(C)CCON=O.COc1cc(N)cc(OC)c1OC.COc1cc(N=Nc2ccc(O)c(OS(=O)(=O)c3ccc(C)cc3)c2)cc(OC)c1OC.COc1ccc(N=Nc2cc(OC)c(OC)c(OC)c2)cc1O.COc1ccc(N=Nc2cc(OC)c(OC)c(OC)c2)cc1OS(=O)(=O)c1ccc(C)cc1.Cc1ccc(S(=O)(=O)Oc2ccccc2O)cc1. The Bertz CT molecular complexity index is 5790. The summed E-state index contributed by atoms with van der Waals surface area (Å²) in [5, 5.41) is 56.3. The smallest absolute Gasteiger partial charge is 0.339 e. The van der Waals surface area contributed by atoms with E-state index < -0.39 is 30.4 Å². The standard InChI is InChI=1S/C23H24N2O7S.C22H22N2O7S.C16H18N2O5.C13H12O4S.C9H13NO3.C5H11NO2/c1-15-6-9-18(10-7-15)33(26,27)32-20-12-16(8-11-19(20)28-2)24-25-17-13-21(29-3)23(31-5)22(14-17)30-4;1-14-5-8-17(9-6-14)32(26,27)31-19-11-15(7-10-18(19)25)23-24-16-12-20(28-2)22(30-4)21(13-16)29-3;1-20-13-6-5-10(7-12(13)19)17-18-11-8-14(21-2)16(23-4)15(9-11)22-3;1-10-6-8-11(9-7-10)18(15,16)17-13-5-3-2-4-12(13)14;1-11-7-4-6(10)5-8(12-2)9(7)13-3;1-5(2)3-4-8-6-7/h6-14H,1-5H3;5-13,25H,1-4H3;5-9,19H,1-4H3;2-9,14H,1H3;4-5H,10H2,1-3H3;5H,3-4H2,1-2H3. The molecule has 11 rings (SSSR count). The zero-order chi connectivity index (χ0) is 93.6. The molecule has 0 aliphatic heterocycles. The van der Waals surface area contributed by atoms with E-state index in [1.807, 2.05) is 20.8 Å². The summed E-state index contributed by atoms with van der Waals surface area (Å²) in [5.41, 5.74) is 11.4. The Balaban J connectivity index is 0.000000247. The van der Waals surface area contributed by atoms with Crippen LogP contribution in [0.2, 0.25) is 0 Å². The van der Waals surface area contributed by atoms with Crippen molar-refractivity contribution in [1.29, 1.82) is 0 Å². The summed E-state index contributed by atoms with van der Waals surface area (Å²) in [7, 11) is 8.97. The highest BCUT2D eigenvalue weighted by Crippen LogP contribution is 2.46. The third kappa shape index (κ3) is 30.0. The molecule has 0 saturated carbocycles. The van der Waals surface area contributed by atoms with Crippen molar-refractivity contribution in [3.05, 3.63) is 222 Å². The second-order valence-corrected chi connectivity index (χ2v) is 30.8. The molecule has 0 aliphatic rings. The van der Waals surface area contributed by atoms with Crippen LogP contribution < -0.4 is 84.6 Å². The van der Waals surface area contributed by atoms with Crippen molar-refractivity contribution in [1.82, 2.24) is 0 Å². The Labute approximate surface area is 736 Å². The Morgan fingerprint density at radius 2 is 0.567 bits per heavy atom. The fraction of sp³-hybridized carbons (Fsp3) is 0.250. The lowest BCUT2D eigenvalue weighted by Gasteiger charge is -2.12. The minimum absolute atomic E-state index is 0.00570. The third-order valence-electron chi connectivity index (χ3n) is 17.0. The Hall–Kier alpha value is -14.7. The molecule has 678 valence electrons. The summed E-state index contributed by atoms with van der Waals surface area (Å²) in [4.78, 5) is 13.6. The number of hydrogen-bond acceptors (Lipinski definition) is 36. The number of anilines is 1. The number of rotatable bonds is 33. The van der Waals surface area contributed by atoms with Gasteiger partial charge in [0.25, 0.3) is 0 Å². The summed E-state index contributed by atoms with van der Waals surface area (Å²) in [6.45, 7) is 10.1. The van der Waals surface area contributed by atoms with Gasteiger partial charge in [0.2, 0.25) is 23.0 Å². The number of para-hydroxylation sites is 2. The van der Waals surface area contributed by atoms with Gasteiger partial charge in [-0.1, -0.05) is 79.1 Å². The van der Waals surface area contributed by atoms with Gasteiger partial charge in [-0.2, -0.15) is 55.9 Å². The molecule has 127 heavy (non-hydrogen) atoms. The average Bonchev–Trinajstić information content (AvgIpc) is 0.836. The zero-order valence-corrected chi connectivity index (χ0v) is 75.5. The van der Waals surface area contributed by atoms with Crippen LogP contribution >= 0.6 is 0 Å². The van der Waals surface area contributed by atoms with Gasteiger partial charge >= 0.3 is 30.4 Å². The largest absolute Gasteiger partial charge is 0.504 e. The van der Waals surface area contributed by atoms with Crippen molar-refractivity contribution < 1.29 is 124 Å². The van der Waals surface area contributed by atoms with E-state index >= 15 is 0 Å². The summed E-state index contributed by atoms with van der Waals surface area (Å²) in [5.74, 6) is 5.88. The number of methoxy groups -OCH3 is 14. The van der Waals surface area contributed by atoms with E-state index in [4.69, 9.17) is 84.6 Å². The fourth-order valence-electron chi connectivity index (χ4n) is 10.5. The molecule has 0 fully saturated rings. The van der Waals surface area contributed by atoms with Crippen LogP contribution in [0.1, 0.15) is 37.0 Å². The molecule has 39 heteroatoms. The van der Waals surface area contributed by atoms with Crippen LogP contribution in [0.3, 0.4) is 0 Å². The Kier molecular flexibility index (Phi) is 39.4. The molecule has 0 amide bonds. The highest BCUT2D eigenvalue weighted by atomic mass is 32.2. The Morgan fingerprint density at radius 3 is 0.882 bits per heavy atom. The second-order valence-electron chi connectivity index (χ2n) is 26.2. The summed E-state index contributed by atoms with van der Waals surface area (Å²) in [6, 6.07) is 51.2. The molecule has 0 aromatic heterocycles. The fourth-order valence-corrected chi connectivity index (χ4v) is 13.3. The van der Waals surface area contributed by atoms with Gasteiger partial charge in [0.15, 0.2) is 97.3 Å². The normalized spacial score (nSPS) is 10.9. The van der Waals surface area contributed by atoms with Crippen LogP contribution in [0, 0.1) is 31.6 Å². The number of hydrogen-bond donors (Lipinski definition) is 4. The highest BCUT2D eigenvalue weighted by molar-refractivity contribution is 7.87. The maximum atomic E-state index is 12.7. The number of phenols is 3. The second kappa shape index (κ2) is 49.5. The molecular weight excluding hydrogens is 1710 g/mol. The lowest BCUT2D eigenvalue weighted by atomic mass is 10.1. The van der Waals surface area contributed by atoms with Crippen LogP contribution in [0.25, 0.3) is 0 Å². The predicted octanol–water partition coefficient (Wildman–Crippen LogP) is 19.5. The van der Waals surface area contributed by atoms with E-state index in [9.17, 15) is 45.5 Å². The van der Waals surface area contributed by atoms with E-state index in [1.165, 1.54) is 157 Å². The van der Waals surface area contributed by atoms with E-state index in [2.05, 4.69) is 54.7 Å². The monoisotopic (exact) mass is 1810 g/mol. The maximum absolute atomic E-state index is 12.7. The van der Waals surface area contributed by atoms with Gasteiger partial charge in [-0.05, 0) is 118 Å². The minimum Gasteiger partial charge on any atom is -0.504 e. The minimum atomic E-state index is -4.14. The summed E-state index contributed by atoms with van der Waals surface area (Å²) in [6.07, 6.45) is 0.895. The molecule has 36 nitrogen and oxygen atoms in total. The number of benzene rings is 11. The van der Waals surface area contributed by atoms with Gasteiger partial charge in [-0.25, -0.2) is 0 Å². The molecule has 0 spiro atoms. The third-order valence-corrected chi connectivity index (χ3v) is 20.7. The first kappa shape index (κ1) is 101. The number of nitrogen functional groups attached to an aromatic ring is 1. The van der Waals surface area contributed by atoms with E-state index in [0.29, 0.717) is 121 Å². The molecule has 5 N–H and O–H groups in total. The van der Waals surface area contributed by atoms with E-state index in [1.54, 1.807) is 143 Å². The van der Waals surface area contributed by atoms with Crippen molar-refractivity contribution >= 4 is 70.2 Å². The lowest BCUT2D eigenvalue weighted by Crippen LogP contribution is -2.10. The number of nitrogens with zero attached hydrogens (tertiary/aromatic N) is 7. The Morgan fingerprint density at radius 1 is 0.291 bits per heavy atom. The molecule has 0 heterocycles. The molecule has 0 unspecified atom stereocenters. The number of phenolic OH excluding ortho intramolecular Hbond substituents is 3. The van der Waals surface area contributed by atoms with Gasteiger partial charge in [0.1, 0.15) is 21.3 Å². The van der Waals surface area contributed by atoms with Crippen LogP contribution in [0.15, 0.2) is 251 Å². The zero-order valence-electron chi connectivity index (χ0n) is 73.0. The van der Waals surface area contributed by atoms with Gasteiger partial charge in [-0.15, -0.1) is 4.91 Å². The summed E-state index contributed by atoms with van der Waals surface area (Å²) >= 11 is 0. The van der Waals surface area contributed by atoms with Crippen LogP contribution in [-0.4, -0.2) is 147 Å². The van der Waals surface area contributed by atoms with Gasteiger partial charge < -0.3 is 105 Å². The lowest BCUT2D eigenvalue weighted by molar-refractivity contribution is 0.128. The van der Waals surface area contributed by atoms with E-state index in [-0.39, 0.29) is 60.6 Å². The highest BCUT2D eigenvalue weighted by Gasteiger charge is 2.24. The van der Waals surface area contributed by atoms with Crippen molar-refractivity contribution in [3.63, 3.8) is 0 Å². The summed E-state index contributed by atoms with van der Waals surface area (Å²) < 4.78 is 163. The van der Waals surface area contributed by atoms with Crippen LogP contribution in [0.4, 0.5) is 39.8 Å².